The molecule has 3 aromatic carbocycles. The Labute approximate surface area is 170 Å². The summed E-state index contributed by atoms with van der Waals surface area (Å²) in [6, 6.07) is 20.4. The average molecular weight is 389 g/mol. The van der Waals surface area contributed by atoms with E-state index in [-0.39, 0.29) is 12.5 Å². The Bertz CT molecular complexity index is 997. The van der Waals surface area contributed by atoms with Crippen molar-refractivity contribution in [1.82, 2.24) is 0 Å². The Morgan fingerprint density at radius 3 is 2.21 bits per heavy atom. The number of rotatable bonds is 7. The Morgan fingerprint density at radius 2 is 1.52 bits per heavy atom. The van der Waals surface area contributed by atoms with E-state index >= 15 is 0 Å². The second-order valence-corrected chi connectivity index (χ2v) is 6.57. The van der Waals surface area contributed by atoms with Crippen LogP contribution in [0, 0.1) is 13.8 Å². The molecule has 0 aromatic heterocycles. The number of hydrogen-bond donors (Lipinski definition) is 1. The van der Waals surface area contributed by atoms with Crippen LogP contribution in [0.25, 0.3) is 0 Å². The number of azo groups is 1. The van der Waals surface area contributed by atoms with E-state index in [9.17, 15) is 4.79 Å². The first-order valence-corrected chi connectivity index (χ1v) is 9.19. The molecule has 6 nitrogen and oxygen atoms in total. The number of aryl methyl sites for hydroxylation is 2. The van der Waals surface area contributed by atoms with Gasteiger partial charge in [-0.15, -0.1) is 5.11 Å². The summed E-state index contributed by atoms with van der Waals surface area (Å²) in [7, 11) is 1.60. The van der Waals surface area contributed by atoms with Crippen LogP contribution in [0.5, 0.6) is 11.5 Å². The van der Waals surface area contributed by atoms with Gasteiger partial charge in [0.25, 0.3) is 5.91 Å². The van der Waals surface area contributed by atoms with E-state index in [0.717, 1.165) is 22.6 Å². The summed E-state index contributed by atoms with van der Waals surface area (Å²) in [4.78, 5) is 12.3. The first-order valence-electron chi connectivity index (χ1n) is 9.19. The van der Waals surface area contributed by atoms with Crippen molar-refractivity contribution < 1.29 is 14.3 Å². The summed E-state index contributed by atoms with van der Waals surface area (Å²) >= 11 is 0. The maximum atomic E-state index is 12.3. The van der Waals surface area contributed by atoms with Crippen LogP contribution in [0.1, 0.15) is 11.1 Å². The highest BCUT2D eigenvalue weighted by atomic mass is 16.5. The molecule has 0 aliphatic rings. The zero-order valence-corrected chi connectivity index (χ0v) is 16.7. The third-order valence-corrected chi connectivity index (χ3v) is 4.16. The number of anilines is 1. The van der Waals surface area contributed by atoms with Gasteiger partial charge in [0, 0.05) is 0 Å². The van der Waals surface area contributed by atoms with Crippen molar-refractivity contribution in [2.45, 2.75) is 13.8 Å². The van der Waals surface area contributed by atoms with E-state index in [2.05, 4.69) is 15.5 Å². The number of amides is 1. The molecule has 0 aliphatic carbocycles. The number of methoxy groups -OCH3 is 1. The van der Waals surface area contributed by atoms with Gasteiger partial charge in [-0.25, -0.2) is 0 Å². The number of nitrogens with one attached hydrogen (secondary N) is 1. The third-order valence-electron chi connectivity index (χ3n) is 4.16. The molecule has 0 bridgehead atoms. The van der Waals surface area contributed by atoms with Crippen LogP contribution in [0.4, 0.5) is 17.1 Å². The van der Waals surface area contributed by atoms with Crippen LogP contribution in [-0.2, 0) is 4.79 Å². The average Bonchev–Trinajstić information content (AvgIpc) is 2.74. The lowest BCUT2D eigenvalue weighted by Crippen LogP contribution is -2.20. The monoisotopic (exact) mass is 389 g/mol. The Kier molecular flexibility index (Phi) is 6.58. The molecule has 0 saturated carbocycles. The van der Waals surface area contributed by atoms with Gasteiger partial charge in [-0.1, -0.05) is 23.8 Å². The molecule has 1 amide bonds. The summed E-state index contributed by atoms with van der Waals surface area (Å²) in [6.45, 7) is 3.86. The molecule has 148 valence electrons. The summed E-state index contributed by atoms with van der Waals surface area (Å²) < 4.78 is 10.6. The minimum Gasteiger partial charge on any atom is -0.497 e. The molecular weight excluding hydrogens is 366 g/mol. The van der Waals surface area contributed by atoms with Crippen molar-refractivity contribution in [2.75, 3.05) is 19.0 Å². The van der Waals surface area contributed by atoms with Crippen LogP contribution in [-0.4, -0.2) is 19.6 Å². The fraction of sp³-hybridized carbons (Fsp3) is 0.174. The Morgan fingerprint density at radius 1 is 0.862 bits per heavy atom. The van der Waals surface area contributed by atoms with E-state index in [1.54, 1.807) is 31.4 Å². The molecule has 0 radical (unpaired) electrons. The van der Waals surface area contributed by atoms with Crippen molar-refractivity contribution in [3.05, 3.63) is 77.9 Å². The fourth-order valence-electron chi connectivity index (χ4n) is 2.56. The Hall–Kier alpha value is -3.67. The highest BCUT2D eigenvalue weighted by Gasteiger charge is 2.08. The van der Waals surface area contributed by atoms with Crippen LogP contribution in [0.2, 0.25) is 0 Å². The van der Waals surface area contributed by atoms with Gasteiger partial charge in [0.05, 0.1) is 18.5 Å². The number of carbonyl (C=O) groups excluding carboxylic acids is 1. The zero-order valence-electron chi connectivity index (χ0n) is 16.7. The molecule has 29 heavy (non-hydrogen) atoms. The van der Waals surface area contributed by atoms with Gasteiger partial charge >= 0.3 is 0 Å². The minimum atomic E-state index is -0.281. The van der Waals surface area contributed by atoms with Crippen LogP contribution in [0.15, 0.2) is 77.0 Å². The highest BCUT2D eigenvalue weighted by Crippen LogP contribution is 2.28. The van der Waals surface area contributed by atoms with Gasteiger partial charge in [0.2, 0.25) is 0 Å². The maximum Gasteiger partial charge on any atom is 0.262 e. The molecule has 0 spiro atoms. The topological polar surface area (TPSA) is 72.3 Å². The summed E-state index contributed by atoms with van der Waals surface area (Å²) in [5, 5.41) is 11.4. The third kappa shape index (κ3) is 5.90. The minimum absolute atomic E-state index is 0.116. The maximum absolute atomic E-state index is 12.3. The molecule has 6 heteroatoms. The van der Waals surface area contributed by atoms with E-state index in [1.165, 1.54) is 0 Å². The smallest absolute Gasteiger partial charge is 0.262 e. The van der Waals surface area contributed by atoms with E-state index in [1.807, 2.05) is 56.3 Å². The van der Waals surface area contributed by atoms with Crippen molar-refractivity contribution >= 4 is 23.0 Å². The summed E-state index contributed by atoms with van der Waals surface area (Å²) in [5.41, 5.74) is 4.09. The predicted octanol–water partition coefficient (Wildman–Crippen LogP) is 5.74. The lowest BCUT2D eigenvalue weighted by Gasteiger charge is -2.10. The number of nitrogens with zero attached hydrogens (tertiary/aromatic N) is 2. The molecule has 3 aromatic rings. The number of benzene rings is 3. The molecule has 0 atom stereocenters. The summed E-state index contributed by atoms with van der Waals surface area (Å²) in [6.07, 6.45) is 0. The molecule has 0 heterocycles. The second-order valence-electron chi connectivity index (χ2n) is 6.57. The quantitative estimate of drug-likeness (QED) is 0.523. The summed E-state index contributed by atoms with van der Waals surface area (Å²) in [5.74, 6) is 1.03. The molecule has 1 N–H and O–H groups in total. The van der Waals surface area contributed by atoms with Crippen LogP contribution < -0.4 is 14.8 Å². The highest BCUT2D eigenvalue weighted by molar-refractivity contribution is 5.94. The number of hydrogen-bond acceptors (Lipinski definition) is 5. The molecule has 3 rings (SSSR count). The van der Waals surface area contributed by atoms with Gasteiger partial charge in [-0.2, -0.15) is 5.11 Å². The van der Waals surface area contributed by atoms with Crippen LogP contribution in [0.3, 0.4) is 0 Å². The molecule has 0 aliphatic heterocycles. The van der Waals surface area contributed by atoms with Gasteiger partial charge < -0.3 is 14.8 Å². The SMILES string of the molecule is COc1ccc(OCC(=O)Nc2ccc(C)cc2N=Nc2ccc(C)cc2)cc1. The van der Waals surface area contributed by atoms with Crippen molar-refractivity contribution in [2.24, 2.45) is 10.2 Å². The number of ether oxygens (including phenoxy) is 2. The first kappa shape index (κ1) is 20.1. The predicted molar refractivity (Wildman–Crippen MR) is 114 cm³/mol. The van der Waals surface area contributed by atoms with E-state index < -0.39 is 0 Å². The van der Waals surface area contributed by atoms with Gasteiger partial charge in [-0.05, 0) is 67.9 Å². The molecule has 0 unspecified atom stereocenters. The second kappa shape index (κ2) is 9.50. The Balaban J connectivity index is 1.66. The van der Waals surface area contributed by atoms with Gasteiger partial charge in [0.15, 0.2) is 6.61 Å². The number of carbonyl (C=O) groups is 1. The lowest BCUT2D eigenvalue weighted by molar-refractivity contribution is -0.118. The normalized spacial score (nSPS) is 10.7. The zero-order chi connectivity index (χ0) is 20.6. The molecule has 0 saturated heterocycles. The standard InChI is InChI=1S/C23H23N3O3/c1-16-4-7-18(8-5-16)25-26-22-14-17(2)6-13-21(22)24-23(27)15-29-20-11-9-19(28-3)10-12-20/h4-14H,15H2,1-3H3,(H,24,27). The van der Waals surface area contributed by atoms with E-state index in [0.29, 0.717) is 17.1 Å². The van der Waals surface area contributed by atoms with Crippen LogP contribution >= 0.6 is 0 Å². The molecular formula is C23H23N3O3. The van der Waals surface area contributed by atoms with Gasteiger partial charge in [-0.3, -0.25) is 4.79 Å². The van der Waals surface area contributed by atoms with Gasteiger partial charge in [0.1, 0.15) is 17.2 Å². The molecule has 0 fully saturated rings. The van der Waals surface area contributed by atoms with Crippen molar-refractivity contribution in [1.29, 1.82) is 0 Å². The van der Waals surface area contributed by atoms with Crippen molar-refractivity contribution in [3.63, 3.8) is 0 Å². The fourth-order valence-corrected chi connectivity index (χ4v) is 2.56. The van der Waals surface area contributed by atoms with Crippen molar-refractivity contribution in [3.8, 4) is 11.5 Å². The largest absolute Gasteiger partial charge is 0.497 e. The van der Waals surface area contributed by atoms with E-state index in [4.69, 9.17) is 9.47 Å². The first-order chi connectivity index (χ1) is 14.0. The lowest BCUT2D eigenvalue weighted by atomic mass is 10.2.